The van der Waals surface area contributed by atoms with Crippen molar-refractivity contribution in [2.24, 2.45) is 23.2 Å². The van der Waals surface area contributed by atoms with Gasteiger partial charge in [-0.25, -0.2) is 4.79 Å². The number of alkyl carbamates (subject to hydrolysis) is 1. The van der Waals surface area contributed by atoms with Crippen molar-refractivity contribution in [2.45, 2.75) is 70.4 Å². The molecule has 1 aromatic rings. The maximum atomic E-state index is 13.8. The van der Waals surface area contributed by atoms with Gasteiger partial charge in [-0.2, -0.15) is 0 Å². The molecule has 1 saturated heterocycles. The molecule has 6 rings (SSSR count). The highest BCUT2D eigenvalue weighted by Crippen LogP contribution is 2.60. The molecule has 4 amide bonds. The number of carbonyl (C=O) groups excluding carboxylic acids is 4. The maximum absolute atomic E-state index is 13.8. The first-order valence-electron chi connectivity index (χ1n) is 15.3. The van der Waals surface area contributed by atoms with Crippen LogP contribution in [0.4, 0.5) is 4.79 Å². The van der Waals surface area contributed by atoms with Crippen molar-refractivity contribution in [3.63, 3.8) is 0 Å². The number of unbranched alkanes of at least 4 members (excludes halogenated alkanes) is 1. The van der Waals surface area contributed by atoms with Crippen LogP contribution in [0.25, 0.3) is 0 Å². The van der Waals surface area contributed by atoms with E-state index in [2.05, 4.69) is 17.2 Å². The van der Waals surface area contributed by atoms with E-state index in [9.17, 15) is 19.2 Å². The van der Waals surface area contributed by atoms with Crippen molar-refractivity contribution >= 4 is 23.8 Å². The van der Waals surface area contributed by atoms with Crippen molar-refractivity contribution in [1.29, 1.82) is 0 Å². The van der Waals surface area contributed by atoms with Crippen LogP contribution in [-0.2, 0) is 25.7 Å². The van der Waals surface area contributed by atoms with Gasteiger partial charge in [0.25, 0.3) is 0 Å². The number of hydrogen-bond donors (Lipinski definition) is 2. The normalized spacial score (nSPS) is 27.2. The Morgan fingerprint density at radius 3 is 2.15 bits per heavy atom. The third-order valence-electron chi connectivity index (χ3n) is 9.58. The quantitative estimate of drug-likeness (QED) is 0.315. The molecular weight excluding hydrogens is 520 g/mol. The summed E-state index contributed by atoms with van der Waals surface area (Å²) in [6.45, 7) is 6.02. The molecular formula is C32H44N4O5. The minimum absolute atomic E-state index is 0.117. The highest BCUT2D eigenvalue weighted by Gasteiger charge is 2.55. The van der Waals surface area contributed by atoms with Gasteiger partial charge in [-0.1, -0.05) is 36.9 Å². The van der Waals surface area contributed by atoms with E-state index < -0.39 is 12.1 Å². The molecule has 41 heavy (non-hydrogen) atoms. The molecule has 4 saturated carbocycles. The molecule has 5 aliphatic rings. The second-order valence-electron chi connectivity index (χ2n) is 12.6. The Balaban J connectivity index is 1.14. The van der Waals surface area contributed by atoms with Gasteiger partial charge < -0.3 is 25.2 Å². The molecule has 1 aromatic carbocycles. The fourth-order valence-corrected chi connectivity index (χ4v) is 7.98. The topological polar surface area (TPSA) is 108 Å². The highest BCUT2D eigenvalue weighted by molar-refractivity contribution is 5.87. The Morgan fingerprint density at radius 1 is 0.927 bits per heavy atom. The van der Waals surface area contributed by atoms with Crippen LogP contribution in [-0.4, -0.2) is 72.4 Å². The number of rotatable bonds is 11. The van der Waals surface area contributed by atoms with Gasteiger partial charge in [-0.15, -0.1) is 0 Å². The summed E-state index contributed by atoms with van der Waals surface area (Å²) in [5.41, 5.74) is 0.692. The van der Waals surface area contributed by atoms with E-state index in [0.717, 1.165) is 24.8 Å². The van der Waals surface area contributed by atoms with E-state index in [1.807, 2.05) is 35.2 Å². The number of piperazine rings is 1. The van der Waals surface area contributed by atoms with Crippen LogP contribution in [0.5, 0.6) is 0 Å². The minimum atomic E-state index is -0.737. The summed E-state index contributed by atoms with van der Waals surface area (Å²) in [6.07, 6.45) is 9.36. The smallest absolute Gasteiger partial charge is 0.408 e. The lowest BCUT2D eigenvalue weighted by Crippen LogP contribution is -2.60. The third kappa shape index (κ3) is 7.11. The van der Waals surface area contributed by atoms with E-state index in [1.54, 1.807) is 4.90 Å². The van der Waals surface area contributed by atoms with Crippen LogP contribution in [0, 0.1) is 23.2 Å². The summed E-state index contributed by atoms with van der Waals surface area (Å²) in [5.74, 6) is 2.06. The van der Waals surface area contributed by atoms with Crippen LogP contribution >= 0.6 is 0 Å². The third-order valence-corrected chi connectivity index (χ3v) is 9.58. The number of nitrogens with one attached hydrogen (secondary N) is 2. The fraction of sp³-hybridized carbons (Fsp3) is 0.625. The molecule has 4 bridgehead atoms. The first-order valence-corrected chi connectivity index (χ1v) is 15.3. The Kier molecular flexibility index (Phi) is 9.30. The zero-order chi connectivity index (χ0) is 28.8. The lowest BCUT2D eigenvalue weighted by molar-refractivity contribution is -0.160. The Bertz CT molecular complexity index is 1080. The zero-order valence-electron chi connectivity index (χ0n) is 24.0. The number of amides is 4. The lowest BCUT2D eigenvalue weighted by atomic mass is 9.49. The van der Waals surface area contributed by atoms with Gasteiger partial charge in [0, 0.05) is 32.7 Å². The molecule has 1 unspecified atom stereocenters. The molecule has 0 radical (unpaired) electrons. The van der Waals surface area contributed by atoms with Gasteiger partial charge in [0.05, 0.1) is 5.41 Å². The van der Waals surface area contributed by atoms with E-state index >= 15 is 0 Å². The largest absolute Gasteiger partial charge is 0.445 e. The van der Waals surface area contributed by atoms with Crippen LogP contribution in [0.2, 0.25) is 0 Å². The van der Waals surface area contributed by atoms with Gasteiger partial charge in [0.1, 0.15) is 12.6 Å². The van der Waals surface area contributed by atoms with E-state index in [-0.39, 0.29) is 23.8 Å². The molecule has 9 heteroatoms. The molecule has 0 spiro atoms. The second-order valence-corrected chi connectivity index (χ2v) is 12.6. The Hall–Kier alpha value is -3.36. The molecule has 1 aliphatic heterocycles. The number of ether oxygens (including phenoxy) is 1. The Labute approximate surface area is 243 Å². The summed E-state index contributed by atoms with van der Waals surface area (Å²) in [5, 5.41) is 5.52. The predicted molar refractivity (Wildman–Crippen MR) is 154 cm³/mol. The summed E-state index contributed by atoms with van der Waals surface area (Å²) in [6, 6.07) is 8.66. The Morgan fingerprint density at radius 2 is 1.54 bits per heavy atom. The van der Waals surface area contributed by atoms with Crippen molar-refractivity contribution in [1.82, 2.24) is 20.4 Å². The zero-order valence-corrected chi connectivity index (χ0v) is 24.0. The number of benzene rings is 1. The highest BCUT2D eigenvalue weighted by atomic mass is 16.5. The van der Waals surface area contributed by atoms with Crippen LogP contribution in [0.1, 0.15) is 63.4 Å². The molecule has 1 atom stereocenters. The van der Waals surface area contributed by atoms with Gasteiger partial charge in [-0.3, -0.25) is 14.4 Å². The van der Waals surface area contributed by atoms with Crippen molar-refractivity contribution < 1.29 is 23.9 Å². The van der Waals surface area contributed by atoms with Gasteiger partial charge >= 0.3 is 6.09 Å². The average molecular weight is 565 g/mol. The van der Waals surface area contributed by atoms with Crippen LogP contribution in [0.3, 0.4) is 0 Å². The lowest BCUT2D eigenvalue weighted by Gasteiger charge is -2.57. The number of carbonyl (C=O) groups is 4. The van der Waals surface area contributed by atoms with Crippen molar-refractivity contribution in [3.05, 3.63) is 48.6 Å². The summed E-state index contributed by atoms with van der Waals surface area (Å²) >= 11 is 0. The standard InChI is InChI=1S/C32H44N4O5/c1-2-28(37)33-11-7-6-10-27(34-31(40)41-22-23-8-4-3-5-9-23)29(38)35-12-14-36(15-13-35)30(39)32-19-24-16-25(20-32)18-26(17-24)21-32/h2-5,8-9,24-27H,1,6-7,10-22H2,(H,33,37)(H,34,40). The first kappa shape index (κ1) is 29.1. The molecule has 2 N–H and O–H groups in total. The first-order chi connectivity index (χ1) is 19.8. The number of hydrogen-bond acceptors (Lipinski definition) is 5. The fourth-order valence-electron chi connectivity index (χ4n) is 7.98. The average Bonchev–Trinajstić information content (AvgIpc) is 2.98. The summed E-state index contributed by atoms with van der Waals surface area (Å²) < 4.78 is 5.39. The van der Waals surface area contributed by atoms with Crippen LogP contribution in [0.15, 0.2) is 43.0 Å². The molecule has 222 valence electrons. The number of nitrogens with zero attached hydrogens (tertiary/aromatic N) is 2. The van der Waals surface area contributed by atoms with E-state index in [4.69, 9.17) is 4.74 Å². The summed E-state index contributed by atoms with van der Waals surface area (Å²) in [7, 11) is 0. The molecule has 5 fully saturated rings. The monoisotopic (exact) mass is 564 g/mol. The molecule has 0 aromatic heterocycles. The van der Waals surface area contributed by atoms with E-state index in [1.165, 1.54) is 25.3 Å². The maximum Gasteiger partial charge on any atom is 0.408 e. The van der Waals surface area contributed by atoms with Gasteiger partial charge in [0.15, 0.2) is 0 Å². The van der Waals surface area contributed by atoms with Gasteiger partial charge in [-0.05, 0) is 87.2 Å². The summed E-state index contributed by atoms with van der Waals surface area (Å²) in [4.78, 5) is 55.2. The van der Waals surface area contributed by atoms with Crippen molar-refractivity contribution in [2.75, 3.05) is 32.7 Å². The van der Waals surface area contributed by atoms with Crippen molar-refractivity contribution in [3.8, 4) is 0 Å². The van der Waals surface area contributed by atoms with E-state index in [0.29, 0.717) is 75.6 Å². The molecule has 9 nitrogen and oxygen atoms in total. The predicted octanol–water partition coefficient (Wildman–Crippen LogP) is 3.64. The second kappa shape index (κ2) is 13.1. The molecule has 1 heterocycles. The minimum Gasteiger partial charge on any atom is -0.445 e. The van der Waals surface area contributed by atoms with Crippen LogP contribution < -0.4 is 10.6 Å². The van der Waals surface area contributed by atoms with Gasteiger partial charge in [0.2, 0.25) is 17.7 Å². The molecule has 4 aliphatic carbocycles. The SMILES string of the molecule is C=CC(=O)NCCCCC(NC(=O)OCc1ccccc1)C(=O)N1CCN(C(=O)C23CC4CC(CC(C4)C2)C3)CC1.